The zero-order valence-corrected chi connectivity index (χ0v) is 15.0. The summed E-state index contributed by atoms with van der Waals surface area (Å²) in [6.07, 6.45) is 1.12. The van der Waals surface area contributed by atoms with Crippen molar-refractivity contribution in [3.8, 4) is 5.75 Å². The molecule has 0 radical (unpaired) electrons. The topological polar surface area (TPSA) is 72.5 Å². The lowest BCUT2D eigenvalue weighted by Crippen LogP contribution is -2.27. The first-order valence-corrected chi connectivity index (χ1v) is 9.37. The lowest BCUT2D eigenvalue weighted by atomic mass is 10.0. The number of amides is 1. The Kier molecular flexibility index (Phi) is 5.29. The number of carbonyl (C=O) groups is 1. The summed E-state index contributed by atoms with van der Waals surface area (Å²) in [5.41, 5.74) is 1.91. The van der Waals surface area contributed by atoms with E-state index in [4.69, 9.17) is 4.74 Å². The van der Waals surface area contributed by atoms with Gasteiger partial charge >= 0.3 is 0 Å². The summed E-state index contributed by atoms with van der Waals surface area (Å²) in [5.74, 6) is 0.364. The number of aryl methyl sites for hydroxylation is 1. The molecule has 0 bridgehead atoms. The Hall–Kier alpha value is -2.34. The molecule has 2 aromatic rings. The molecule has 0 aromatic heterocycles. The van der Waals surface area contributed by atoms with Gasteiger partial charge in [0.1, 0.15) is 5.75 Å². The predicted octanol–water partition coefficient (Wildman–Crippen LogP) is 2.90. The molecule has 1 amide bonds. The highest BCUT2D eigenvalue weighted by Crippen LogP contribution is 2.25. The van der Waals surface area contributed by atoms with Crippen LogP contribution in [0.3, 0.4) is 0 Å². The third-order valence-corrected chi connectivity index (χ3v) is 4.95. The zero-order valence-electron chi connectivity index (χ0n) is 14.2. The highest BCUT2D eigenvalue weighted by atomic mass is 32.2. The Morgan fingerprint density at radius 1 is 1.17 bits per heavy atom. The molecule has 2 aromatic carbocycles. The summed E-state index contributed by atoms with van der Waals surface area (Å²) in [4.78, 5) is 12.7. The second kappa shape index (κ2) is 7.05. The van der Waals surface area contributed by atoms with E-state index in [0.29, 0.717) is 16.9 Å². The number of para-hydroxylation sites is 1. The van der Waals surface area contributed by atoms with Crippen molar-refractivity contribution in [1.82, 2.24) is 5.32 Å². The van der Waals surface area contributed by atoms with Crippen LogP contribution in [0.4, 0.5) is 0 Å². The lowest BCUT2D eigenvalue weighted by Gasteiger charge is -2.18. The molecule has 1 atom stereocenters. The highest BCUT2D eigenvalue weighted by Gasteiger charge is 2.18. The van der Waals surface area contributed by atoms with Crippen molar-refractivity contribution in [2.45, 2.75) is 24.8 Å². The maximum absolute atomic E-state index is 12.6. The molecule has 0 saturated carbocycles. The number of methoxy groups -OCH3 is 1. The van der Waals surface area contributed by atoms with Crippen molar-refractivity contribution < 1.29 is 17.9 Å². The monoisotopic (exact) mass is 347 g/mol. The van der Waals surface area contributed by atoms with Crippen LogP contribution in [-0.2, 0) is 9.84 Å². The van der Waals surface area contributed by atoms with Crippen LogP contribution in [0.5, 0.6) is 5.75 Å². The largest absolute Gasteiger partial charge is 0.496 e. The minimum absolute atomic E-state index is 0.128. The number of ether oxygens (including phenoxy) is 1. The molecule has 0 spiro atoms. The average molecular weight is 347 g/mol. The zero-order chi connectivity index (χ0) is 17.9. The molecule has 1 N–H and O–H groups in total. The highest BCUT2D eigenvalue weighted by molar-refractivity contribution is 7.90. The summed E-state index contributed by atoms with van der Waals surface area (Å²) in [6, 6.07) is 11.7. The standard InChI is InChI=1S/C18H21NO4S/c1-12-9-10-14(24(4,21)22)11-16(12)18(20)19-13(2)15-7-5-6-8-17(15)23-3/h5-11,13H,1-4H3,(H,19,20). The smallest absolute Gasteiger partial charge is 0.252 e. The van der Waals surface area contributed by atoms with Crippen LogP contribution in [0.15, 0.2) is 47.4 Å². The Labute approximate surface area is 142 Å². The second-order valence-corrected chi connectivity index (χ2v) is 7.70. The second-order valence-electron chi connectivity index (χ2n) is 5.69. The molecule has 0 aliphatic rings. The first-order chi connectivity index (χ1) is 11.2. The van der Waals surface area contributed by atoms with Crippen molar-refractivity contribution >= 4 is 15.7 Å². The van der Waals surface area contributed by atoms with E-state index in [-0.39, 0.29) is 16.8 Å². The summed E-state index contributed by atoms with van der Waals surface area (Å²) < 4.78 is 28.7. The van der Waals surface area contributed by atoms with Crippen molar-refractivity contribution in [2.24, 2.45) is 0 Å². The van der Waals surface area contributed by atoms with Crippen molar-refractivity contribution in [3.05, 3.63) is 59.2 Å². The molecule has 0 fully saturated rings. The van der Waals surface area contributed by atoms with Gasteiger partial charge in [0.2, 0.25) is 0 Å². The molecule has 0 saturated heterocycles. The maximum Gasteiger partial charge on any atom is 0.252 e. The summed E-state index contributed by atoms with van der Waals surface area (Å²) in [5, 5.41) is 2.89. The van der Waals surface area contributed by atoms with E-state index in [9.17, 15) is 13.2 Å². The molecule has 0 aliphatic carbocycles. The van der Waals surface area contributed by atoms with E-state index < -0.39 is 9.84 Å². The van der Waals surface area contributed by atoms with E-state index >= 15 is 0 Å². The fourth-order valence-electron chi connectivity index (χ4n) is 2.45. The van der Waals surface area contributed by atoms with E-state index in [1.807, 2.05) is 31.2 Å². The number of rotatable bonds is 5. The number of nitrogens with one attached hydrogen (secondary N) is 1. The molecule has 6 heteroatoms. The van der Waals surface area contributed by atoms with Crippen LogP contribution in [0.1, 0.15) is 34.5 Å². The normalized spacial score (nSPS) is 12.5. The average Bonchev–Trinajstić information content (AvgIpc) is 2.53. The number of hydrogen-bond acceptors (Lipinski definition) is 4. The van der Waals surface area contributed by atoms with Crippen LogP contribution in [0.25, 0.3) is 0 Å². The van der Waals surface area contributed by atoms with Gasteiger partial charge in [0.15, 0.2) is 9.84 Å². The molecular weight excluding hydrogens is 326 g/mol. The molecule has 5 nitrogen and oxygen atoms in total. The van der Waals surface area contributed by atoms with Crippen LogP contribution >= 0.6 is 0 Å². The van der Waals surface area contributed by atoms with Crippen LogP contribution in [0, 0.1) is 6.92 Å². The van der Waals surface area contributed by atoms with E-state index in [1.165, 1.54) is 12.1 Å². The molecule has 2 rings (SSSR count). The third kappa shape index (κ3) is 3.94. The molecule has 1 unspecified atom stereocenters. The van der Waals surface area contributed by atoms with Gasteiger partial charge in [0.05, 0.1) is 18.0 Å². The molecule has 0 aliphatic heterocycles. The van der Waals surface area contributed by atoms with Gasteiger partial charge < -0.3 is 10.1 Å². The predicted molar refractivity (Wildman–Crippen MR) is 93.2 cm³/mol. The van der Waals surface area contributed by atoms with Gasteiger partial charge in [-0.25, -0.2) is 8.42 Å². The van der Waals surface area contributed by atoms with Gasteiger partial charge in [-0.15, -0.1) is 0 Å². The van der Waals surface area contributed by atoms with Gasteiger partial charge in [0.25, 0.3) is 5.91 Å². The van der Waals surface area contributed by atoms with E-state index in [2.05, 4.69) is 5.32 Å². The Balaban J connectivity index is 2.30. The fourth-order valence-corrected chi connectivity index (χ4v) is 3.10. The van der Waals surface area contributed by atoms with Gasteiger partial charge in [-0.2, -0.15) is 0 Å². The van der Waals surface area contributed by atoms with Gasteiger partial charge in [-0.3, -0.25) is 4.79 Å². The summed E-state index contributed by atoms with van der Waals surface area (Å²) in [7, 11) is -1.79. The minimum atomic E-state index is -3.37. The first kappa shape index (κ1) is 18.0. The fraction of sp³-hybridized carbons (Fsp3) is 0.278. The Morgan fingerprint density at radius 2 is 1.83 bits per heavy atom. The third-order valence-electron chi connectivity index (χ3n) is 3.83. The minimum Gasteiger partial charge on any atom is -0.496 e. The van der Waals surface area contributed by atoms with Crippen molar-refractivity contribution in [1.29, 1.82) is 0 Å². The van der Waals surface area contributed by atoms with Crippen LogP contribution < -0.4 is 10.1 Å². The van der Waals surface area contributed by atoms with Gasteiger partial charge in [0, 0.05) is 17.4 Å². The molecule has 24 heavy (non-hydrogen) atoms. The number of benzene rings is 2. The number of sulfone groups is 1. The van der Waals surface area contributed by atoms with E-state index in [0.717, 1.165) is 11.8 Å². The van der Waals surface area contributed by atoms with Gasteiger partial charge in [-0.1, -0.05) is 24.3 Å². The van der Waals surface area contributed by atoms with Gasteiger partial charge in [-0.05, 0) is 37.6 Å². The molecular formula is C18H21NO4S. The SMILES string of the molecule is COc1ccccc1C(C)NC(=O)c1cc(S(C)(=O)=O)ccc1C. The van der Waals surface area contributed by atoms with Crippen molar-refractivity contribution in [2.75, 3.05) is 13.4 Å². The van der Waals surface area contributed by atoms with Crippen LogP contribution in [0.2, 0.25) is 0 Å². The first-order valence-electron chi connectivity index (χ1n) is 7.48. The van der Waals surface area contributed by atoms with Crippen LogP contribution in [-0.4, -0.2) is 27.7 Å². The molecule has 0 heterocycles. The quantitative estimate of drug-likeness (QED) is 0.903. The number of hydrogen-bond donors (Lipinski definition) is 1. The molecule has 128 valence electrons. The maximum atomic E-state index is 12.6. The Morgan fingerprint density at radius 3 is 2.46 bits per heavy atom. The number of carbonyl (C=O) groups excluding carboxylic acids is 1. The van der Waals surface area contributed by atoms with E-state index in [1.54, 1.807) is 20.1 Å². The van der Waals surface area contributed by atoms with Crippen molar-refractivity contribution in [3.63, 3.8) is 0 Å². The summed E-state index contributed by atoms with van der Waals surface area (Å²) in [6.45, 7) is 3.63. The summed E-state index contributed by atoms with van der Waals surface area (Å²) >= 11 is 0. The Bertz CT molecular complexity index is 859. The lowest BCUT2D eigenvalue weighted by molar-refractivity contribution is 0.0938.